The molecule has 0 spiro atoms. The fraction of sp³-hybridized carbons (Fsp3) is 0.0667. The quantitative estimate of drug-likeness (QED) is 0.644. The first-order chi connectivity index (χ1) is 8.79. The fourth-order valence-corrected chi connectivity index (χ4v) is 2.90. The van der Waals surface area contributed by atoms with Crippen LogP contribution in [0.4, 0.5) is 0 Å². The van der Waals surface area contributed by atoms with Gasteiger partial charge in [-0.3, -0.25) is 4.79 Å². The third-order valence-corrected chi connectivity index (χ3v) is 3.99. The zero-order valence-corrected chi connectivity index (χ0v) is 10.7. The number of hydrogen-bond acceptors (Lipinski definition) is 3. The number of carbonyl (C=O) groups excluding carboxylic acids is 1. The van der Waals surface area contributed by atoms with Gasteiger partial charge >= 0.3 is 0 Å². The average Bonchev–Trinajstić information content (AvgIpc) is 2.88. The van der Waals surface area contributed by atoms with Gasteiger partial charge in [0.2, 0.25) is 0 Å². The van der Waals surface area contributed by atoms with Gasteiger partial charge < -0.3 is 0 Å². The molecule has 1 heterocycles. The van der Waals surface area contributed by atoms with Crippen molar-refractivity contribution in [1.29, 1.82) is 0 Å². The van der Waals surface area contributed by atoms with Gasteiger partial charge in [-0.1, -0.05) is 36.4 Å². The Morgan fingerprint density at radius 3 is 2.61 bits per heavy atom. The maximum atomic E-state index is 10.7. The highest BCUT2D eigenvalue weighted by molar-refractivity contribution is 7.16. The van der Waals surface area contributed by atoms with Gasteiger partial charge in [0.05, 0.1) is 4.88 Å². The van der Waals surface area contributed by atoms with Crippen molar-refractivity contribution >= 4 is 28.4 Å². The molecule has 0 aliphatic rings. The smallest absolute Gasteiger partial charge is 0.178 e. The van der Waals surface area contributed by atoms with E-state index in [2.05, 4.69) is 36.2 Å². The molecule has 88 valence electrons. The minimum atomic E-state index is 0.523. The maximum absolute atomic E-state index is 10.7. The van der Waals surface area contributed by atoms with Crippen molar-refractivity contribution in [1.82, 2.24) is 4.98 Å². The van der Waals surface area contributed by atoms with Gasteiger partial charge in [0.1, 0.15) is 0 Å². The number of hydrogen-bond donors (Lipinski definition) is 0. The van der Waals surface area contributed by atoms with Crippen molar-refractivity contribution in [3.8, 4) is 10.4 Å². The standard InChI is InChI=1S/C15H11NOS/c1-10-6-7-13(12-5-3-2-4-11(10)12)14-8-16-15(9-17)18-14/h2-9H,1H3. The molecule has 3 heteroatoms. The van der Waals surface area contributed by atoms with E-state index in [1.165, 1.54) is 27.7 Å². The lowest BCUT2D eigenvalue weighted by Gasteiger charge is -2.06. The molecule has 0 aliphatic carbocycles. The highest BCUT2D eigenvalue weighted by Crippen LogP contribution is 2.33. The third kappa shape index (κ3) is 1.73. The van der Waals surface area contributed by atoms with E-state index in [1.807, 2.05) is 12.1 Å². The Kier molecular flexibility index (Phi) is 2.68. The largest absolute Gasteiger partial charge is 0.295 e. The molecule has 3 rings (SSSR count). The second-order valence-electron chi connectivity index (χ2n) is 4.16. The van der Waals surface area contributed by atoms with E-state index in [9.17, 15) is 4.79 Å². The number of thiazole rings is 1. The first kappa shape index (κ1) is 11.1. The highest BCUT2D eigenvalue weighted by Gasteiger charge is 2.08. The molecule has 0 saturated heterocycles. The van der Waals surface area contributed by atoms with E-state index in [1.54, 1.807) is 6.20 Å². The summed E-state index contributed by atoms with van der Waals surface area (Å²) in [5.41, 5.74) is 2.40. The van der Waals surface area contributed by atoms with Crippen LogP contribution in [0.3, 0.4) is 0 Å². The van der Waals surface area contributed by atoms with Crippen LogP contribution in [0.25, 0.3) is 21.2 Å². The monoisotopic (exact) mass is 253 g/mol. The van der Waals surface area contributed by atoms with E-state index in [4.69, 9.17) is 0 Å². The number of benzene rings is 2. The molecule has 2 nitrogen and oxygen atoms in total. The molecule has 3 aromatic rings. The lowest BCUT2D eigenvalue weighted by Crippen LogP contribution is -1.81. The van der Waals surface area contributed by atoms with Crippen molar-refractivity contribution in [2.75, 3.05) is 0 Å². The number of nitrogens with zero attached hydrogens (tertiary/aromatic N) is 1. The van der Waals surface area contributed by atoms with E-state index < -0.39 is 0 Å². The Balaban J connectivity index is 2.29. The minimum absolute atomic E-state index is 0.523. The summed E-state index contributed by atoms with van der Waals surface area (Å²) in [6.07, 6.45) is 2.57. The van der Waals surface area contributed by atoms with Gasteiger partial charge in [-0.25, -0.2) is 4.98 Å². The van der Waals surface area contributed by atoms with Gasteiger partial charge in [-0.05, 0) is 23.3 Å². The second-order valence-corrected chi connectivity index (χ2v) is 5.22. The van der Waals surface area contributed by atoms with Crippen molar-refractivity contribution in [3.63, 3.8) is 0 Å². The van der Waals surface area contributed by atoms with Gasteiger partial charge in [-0.15, -0.1) is 11.3 Å². The van der Waals surface area contributed by atoms with Crippen LogP contribution in [0.1, 0.15) is 15.4 Å². The predicted octanol–water partition coefficient (Wildman–Crippen LogP) is 4.08. The van der Waals surface area contributed by atoms with Gasteiger partial charge in [0.25, 0.3) is 0 Å². The maximum Gasteiger partial charge on any atom is 0.178 e. The summed E-state index contributed by atoms with van der Waals surface area (Å²) in [7, 11) is 0. The Bertz CT molecular complexity index is 730. The summed E-state index contributed by atoms with van der Waals surface area (Å²) < 4.78 is 0. The molecule has 0 amide bonds. The van der Waals surface area contributed by atoms with Crippen LogP contribution >= 0.6 is 11.3 Å². The second kappa shape index (κ2) is 4.35. The van der Waals surface area contributed by atoms with Crippen LogP contribution in [-0.4, -0.2) is 11.3 Å². The fourth-order valence-electron chi connectivity index (χ4n) is 2.13. The first-order valence-corrected chi connectivity index (χ1v) is 6.51. The summed E-state index contributed by atoms with van der Waals surface area (Å²) in [6.45, 7) is 2.11. The third-order valence-electron chi connectivity index (χ3n) is 3.03. The zero-order valence-electron chi connectivity index (χ0n) is 9.88. The molecular formula is C15H11NOS. The van der Waals surface area contributed by atoms with Crippen molar-refractivity contribution in [2.45, 2.75) is 6.92 Å². The van der Waals surface area contributed by atoms with E-state index >= 15 is 0 Å². The molecule has 1 aromatic heterocycles. The normalized spacial score (nSPS) is 10.7. The van der Waals surface area contributed by atoms with Gasteiger partial charge in [0.15, 0.2) is 11.3 Å². The molecule has 0 saturated carbocycles. The van der Waals surface area contributed by atoms with Crippen molar-refractivity contribution in [3.05, 3.63) is 53.2 Å². The van der Waals surface area contributed by atoms with E-state index in [-0.39, 0.29) is 0 Å². The minimum Gasteiger partial charge on any atom is -0.295 e. The molecule has 18 heavy (non-hydrogen) atoms. The number of aryl methyl sites for hydroxylation is 1. The van der Waals surface area contributed by atoms with Crippen LogP contribution in [0.5, 0.6) is 0 Å². The molecule has 0 unspecified atom stereocenters. The highest BCUT2D eigenvalue weighted by atomic mass is 32.1. The number of rotatable bonds is 2. The van der Waals surface area contributed by atoms with Crippen LogP contribution in [-0.2, 0) is 0 Å². The van der Waals surface area contributed by atoms with Crippen LogP contribution < -0.4 is 0 Å². The summed E-state index contributed by atoms with van der Waals surface area (Å²) in [4.78, 5) is 15.8. The van der Waals surface area contributed by atoms with Crippen molar-refractivity contribution in [2.24, 2.45) is 0 Å². The molecule has 0 fully saturated rings. The molecule has 0 bridgehead atoms. The number of carbonyl (C=O) groups is 1. The molecule has 0 atom stereocenters. The summed E-state index contributed by atoms with van der Waals surface area (Å²) in [5.74, 6) is 0. The van der Waals surface area contributed by atoms with Crippen LogP contribution in [0.15, 0.2) is 42.6 Å². The Morgan fingerprint density at radius 1 is 1.11 bits per heavy atom. The number of aromatic nitrogens is 1. The van der Waals surface area contributed by atoms with E-state index in [0.29, 0.717) is 5.01 Å². The Hall–Kier alpha value is -2.00. The molecule has 0 radical (unpaired) electrons. The van der Waals surface area contributed by atoms with Crippen molar-refractivity contribution < 1.29 is 4.79 Å². The van der Waals surface area contributed by atoms with E-state index in [0.717, 1.165) is 16.7 Å². The average molecular weight is 253 g/mol. The molecular weight excluding hydrogens is 242 g/mol. The SMILES string of the molecule is Cc1ccc(-c2cnc(C=O)s2)c2ccccc12. The van der Waals surface area contributed by atoms with Crippen LogP contribution in [0.2, 0.25) is 0 Å². The Morgan fingerprint density at radius 2 is 1.89 bits per heavy atom. The Labute approximate surface area is 109 Å². The lowest BCUT2D eigenvalue weighted by atomic mass is 10.00. The number of fused-ring (bicyclic) bond motifs is 1. The van der Waals surface area contributed by atoms with Crippen LogP contribution in [0, 0.1) is 6.92 Å². The van der Waals surface area contributed by atoms with Gasteiger partial charge in [0, 0.05) is 11.8 Å². The number of aldehydes is 1. The molecule has 0 N–H and O–H groups in total. The zero-order chi connectivity index (χ0) is 12.5. The predicted molar refractivity (Wildman–Crippen MR) is 75.2 cm³/mol. The summed E-state index contributed by atoms with van der Waals surface area (Å²) >= 11 is 1.43. The topological polar surface area (TPSA) is 30.0 Å². The molecule has 0 aliphatic heterocycles. The molecule has 2 aromatic carbocycles. The lowest BCUT2D eigenvalue weighted by molar-refractivity contribution is 0.112. The first-order valence-electron chi connectivity index (χ1n) is 5.69. The van der Waals surface area contributed by atoms with Gasteiger partial charge in [-0.2, -0.15) is 0 Å². The summed E-state index contributed by atoms with van der Waals surface area (Å²) in [6, 6.07) is 12.5. The summed E-state index contributed by atoms with van der Waals surface area (Å²) in [5, 5.41) is 2.98.